The molecule has 19 heavy (non-hydrogen) atoms. The van der Waals surface area contributed by atoms with Gasteiger partial charge in [0.25, 0.3) is 0 Å². The predicted octanol–water partition coefficient (Wildman–Crippen LogP) is 0.642. The zero-order valence-electron chi connectivity index (χ0n) is 10.5. The maximum Gasteiger partial charge on any atom is 0.338 e. The highest BCUT2D eigenvalue weighted by atomic mass is 16.5. The second-order valence-corrected chi connectivity index (χ2v) is 4.23. The first-order chi connectivity index (χ1) is 9.19. The zero-order valence-corrected chi connectivity index (χ0v) is 10.5. The number of nitrogens with zero attached hydrogens (tertiary/aromatic N) is 1. The van der Waals surface area contributed by atoms with Crippen molar-refractivity contribution in [2.45, 2.75) is 5.54 Å². The molecule has 0 amide bonds. The molecule has 102 valence electrons. The maximum atomic E-state index is 11.8. The average molecular weight is 265 g/mol. The van der Waals surface area contributed by atoms with E-state index in [4.69, 9.17) is 14.2 Å². The van der Waals surface area contributed by atoms with E-state index in [1.807, 2.05) is 0 Å². The molecule has 0 aromatic heterocycles. The molecule has 0 aliphatic carbocycles. The van der Waals surface area contributed by atoms with Gasteiger partial charge in [-0.3, -0.25) is 0 Å². The van der Waals surface area contributed by atoms with Crippen molar-refractivity contribution < 1.29 is 24.1 Å². The van der Waals surface area contributed by atoms with Crippen LogP contribution in [0.25, 0.3) is 0 Å². The van der Waals surface area contributed by atoms with Crippen molar-refractivity contribution in [1.29, 1.82) is 0 Å². The molecule has 1 aliphatic rings. The van der Waals surface area contributed by atoms with E-state index in [0.717, 1.165) is 0 Å². The Kier molecular flexibility index (Phi) is 4.01. The van der Waals surface area contributed by atoms with E-state index in [-0.39, 0.29) is 19.8 Å². The number of rotatable bonds is 5. The number of benzene rings is 1. The van der Waals surface area contributed by atoms with E-state index < -0.39 is 11.5 Å². The number of carbonyl (C=O) groups excluding carboxylic acids is 1. The highest BCUT2D eigenvalue weighted by molar-refractivity contribution is 5.89. The second kappa shape index (κ2) is 5.71. The third-order valence-corrected chi connectivity index (χ3v) is 2.85. The van der Waals surface area contributed by atoms with E-state index in [9.17, 15) is 9.90 Å². The van der Waals surface area contributed by atoms with Gasteiger partial charge in [-0.1, -0.05) is 0 Å². The van der Waals surface area contributed by atoms with Gasteiger partial charge in [-0.05, 0) is 24.3 Å². The standard InChI is InChI=1S/C13H15NO5/c1-17-11-4-2-10(3-5-11)12(16)19-8-13(6-15)7-18-9-14-13/h2-5,9,15H,6-8H2,1H3. The Bertz CT molecular complexity index is 470. The van der Waals surface area contributed by atoms with Crippen molar-refractivity contribution in [2.24, 2.45) is 4.99 Å². The lowest BCUT2D eigenvalue weighted by atomic mass is 10.1. The van der Waals surface area contributed by atoms with Crippen LogP contribution in [0.1, 0.15) is 10.4 Å². The van der Waals surface area contributed by atoms with Crippen LogP contribution < -0.4 is 4.74 Å². The third-order valence-electron chi connectivity index (χ3n) is 2.85. The molecule has 1 aromatic rings. The maximum absolute atomic E-state index is 11.8. The molecule has 1 N–H and O–H groups in total. The molecule has 0 saturated heterocycles. The molecule has 6 heteroatoms. The number of aliphatic imine (C=N–C) groups is 1. The SMILES string of the molecule is COc1ccc(C(=O)OCC2(CO)COC=N2)cc1. The molecule has 1 atom stereocenters. The lowest BCUT2D eigenvalue weighted by molar-refractivity contribution is 0.0293. The van der Waals surface area contributed by atoms with Crippen LogP contribution in [0.3, 0.4) is 0 Å². The molecule has 0 bridgehead atoms. The summed E-state index contributed by atoms with van der Waals surface area (Å²) in [5.74, 6) is 0.190. The molecule has 1 aromatic carbocycles. The molecular formula is C13H15NO5. The number of hydrogen-bond donors (Lipinski definition) is 1. The van der Waals surface area contributed by atoms with Crippen molar-refractivity contribution in [3.8, 4) is 5.75 Å². The quantitative estimate of drug-likeness (QED) is 0.791. The van der Waals surface area contributed by atoms with Gasteiger partial charge in [0, 0.05) is 0 Å². The normalized spacial score (nSPS) is 20.9. The van der Waals surface area contributed by atoms with Crippen LogP contribution in [-0.2, 0) is 9.47 Å². The van der Waals surface area contributed by atoms with Crippen molar-refractivity contribution >= 4 is 12.4 Å². The number of esters is 1. The molecule has 0 fully saturated rings. The Hall–Kier alpha value is -2.08. The fraction of sp³-hybridized carbons (Fsp3) is 0.385. The van der Waals surface area contributed by atoms with Crippen LogP contribution in [-0.4, -0.2) is 49.9 Å². The van der Waals surface area contributed by atoms with Gasteiger partial charge in [-0.15, -0.1) is 0 Å². The van der Waals surface area contributed by atoms with Crippen LogP contribution in [0.5, 0.6) is 5.75 Å². The fourth-order valence-corrected chi connectivity index (χ4v) is 1.60. The van der Waals surface area contributed by atoms with Crippen LogP contribution in [0, 0.1) is 0 Å². The zero-order chi connectivity index (χ0) is 13.7. The Labute approximate surface area is 110 Å². The van der Waals surface area contributed by atoms with E-state index in [0.29, 0.717) is 11.3 Å². The molecule has 1 aliphatic heterocycles. The number of aliphatic hydroxyl groups excluding tert-OH is 1. The van der Waals surface area contributed by atoms with Gasteiger partial charge < -0.3 is 19.3 Å². The molecule has 6 nitrogen and oxygen atoms in total. The van der Waals surface area contributed by atoms with Gasteiger partial charge in [0.1, 0.15) is 19.0 Å². The smallest absolute Gasteiger partial charge is 0.338 e. The van der Waals surface area contributed by atoms with Crippen molar-refractivity contribution in [2.75, 3.05) is 26.9 Å². The van der Waals surface area contributed by atoms with E-state index in [1.54, 1.807) is 31.4 Å². The molecule has 1 unspecified atom stereocenters. The number of methoxy groups -OCH3 is 1. The van der Waals surface area contributed by atoms with E-state index in [2.05, 4.69) is 4.99 Å². The first-order valence-electron chi connectivity index (χ1n) is 5.76. The summed E-state index contributed by atoms with van der Waals surface area (Å²) < 4.78 is 15.1. The summed E-state index contributed by atoms with van der Waals surface area (Å²) in [6.45, 7) is -0.0519. The first-order valence-corrected chi connectivity index (χ1v) is 5.76. The lowest BCUT2D eigenvalue weighted by Crippen LogP contribution is -2.39. The summed E-state index contributed by atoms with van der Waals surface area (Å²) in [6, 6.07) is 6.58. The van der Waals surface area contributed by atoms with Crippen molar-refractivity contribution in [3.63, 3.8) is 0 Å². The first kappa shape index (κ1) is 13.4. The summed E-state index contributed by atoms with van der Waals surface area (Å²) in [5, 5.41) is 9.27. The molecule has 1 heterocycles. The van der Waals surface area contributed by atoms with E-state index in [1.165, 1.54) is 6.40 Å². The minimum atomic E-state index is -0.873. The van der Waals surface area contributed by atoms with Crippen LogP contribution in [0.2, 0.25) is 0 Å². The summed E-state index contributed by atoms with van der Waals surface area (Å²) in [5.41, 5.74) is -0.459. The van der Waals surface area contributed by atoms with Gasteiger partial charge in [-0.25, -0.2) is 9.79 Å². The average Bonchev–Trinajstić information content (AvgIpc) is 2.94. The van der Waals surface area contributed by atoms with Crippen molar-refractivity contribution in [1.82, 2.24) is 0 Å². The molecule has 0 radical (unpaired) electrons. The highest BCUT2D eigenvalue weighted by Crippen LogP contribution is 2.17. The Morgan fingerprint density at radius 1 is 1.47 bits per heavy atom. The third kappa shape index (κ3) is 3.03. The second-order valence-electron chi connectivity index (χ2n) is 4.23. The highest BCUT2D eigenvalue weighted by Gasteiger charge is 2.34. The largest absolute Gasteiger partial charge is 0.497 e. The van der Waals surface area contributed by atoms with Crippen LogP contribution in [0.4, 0.5) is 0 Å². The number of hydrogen-bond acceptors (Lipinski definition) is 6. The molecular weight excluding hydrogens is 250 g/mol. The molecule has 0 spiro atoms. The summed E-state index contributed by atoms with van der Waals surface area (Å²) >= 11 is 0. The Morgan fingerprint density at radius 2 is 2.21 bits per heavy atom. The lowest BCUT2D eigenvalue weighted by Gasteiger charge is -2.20. The number of ether oxygens (including phenoxy) is 3. The summed E-state index contributed by atoms with van der Waals surface area (Å²) in [7, 11) is 1.55. The predicted molar refractivity (Wildman–Crippen MR) is 67.5 cm³/mol. The van der Waals surface area contributed by atoms with Gasteiger partial charge in [0.05, 0.1) is 19.3 Å². The van der Waals surface area contributed by atoms with Gasteiger partial charge in [0.15, 0.2) is 11.9 Å². The van der Waals surface area contributed by atoms with Crippen LogP contribution in [0.15, 0.2) is 29.3 Å². The monoisotopic (exact) mass is 265 g/mol. The van der Waals surface area contributed by atoms with Crippen molar-refractivity contribution in [3.05, 3.63) is 29.8 Å². The van der Waals surface area contributed by atoms with Gasteiger partial charge in [-0.2, -0.15) is 0 Å². The summed E-state index contributed by atoms with van der Waals surface area (Å²) in [6.07, 6.45) is 1.26. The topological polar surface area (TPSA) is 77.4 Å². The van der Waals surface area contributed by atoms with Gasteiger partial charge in [0.2, 0.25) is 0 Å². The van der Waals surface area contributed by atoms with E-state index >= 15 is 0 Å². The minimum Gasteiger partial charge on any atom is -0.497 e. The summed E-state index contributed by atoms with van der Waals surface area (Å²) in [4.78, 5) is 15.8. The van der Waals surface area contributed by atoms with Gasteiger partial charge >= 0.3 is 5.97 Å². The molecule has 0 saturated carbocycles. The number of carbonyl (C=O) groups is 1. The Balaban J connectivity index is 1.95. The Morgan fingerprint density at radius 3 is 2.74 bits per heavy atom. The van der Waals surface area contributed by atoms with Crippen LogP contribution >= 0.6 is 0 Å². The fourth-order valence-electron chi connectivity index (χ4n) is 1.60. The minimum absolute atomic E-state index is 0.0230. The number of aliphatic hydroxyl groups is 1. The molecule has 2 rings (SSSR count).